The summed E-state index contributed by atoms with van der Waals surface area (Å²) >= 11 is 7.52. The van der Waals surface area contributed by atoms with Gasteiger partial charge in [0, 0.05) is 0 Å². The minimum atomic E-state index is -0.370. The van der Waals surface area contributed by atoms with Gasteiger partial charge in [0.2, 0.25) is 0 Å². The highest BCUT2D eigenvalue weighted by molar-refractivity contribution is 7.16. The molecule has 3 aromatic rings. The number of thiazole rings is 1. The lowest BCUT2D eigenvalue weighted by Gasteiger charge is -2.03. The Morgan fingerprint density at radius 2 is 2.09 bits per heavy atom. The second kappa shape index (κ2) is 6.41. The van der Waals surface area contributed by atoms with Crippen LogP contribution in [0.3, 0.4) is 0 Å². The van der Waals surface area contributed by atoms with Crippen molar-refractivity contribution in [3.05, 3.63) is 63.4 Å². The van der Waals surface area contributed by atoms with E-state index in [9.17, 15) is 4.79 Å². The lowest BCUT2D eigenvalue weighted by atomic mass is 10.2. The van der Waals surface area contributed by atoms with Crippen molar-refractivity contribution >= 4 is 39.1 Å². The van der Waals surface area contributed by atoms with E-state index in [1.807, 2.05) is 29.7 Å². The van der Waals surface area contributed by atoms with Crippen LogP contribution < -0.4 is 4.80 Å². The largest absolute Gasteiger partial charge is 0.304 e. The predicted molar refractivity (Wildman–Crippen MR) is 94.7 cm³/mol. The molecule has 0 atom stereocenters. The van der Waals surface area contributed by atoms with Gasteiger partial charge in [-0.05, 0) is 30.7 Å². The molecule has 0 unspecified atom stereocenters. The van der Waals surface area contributed by atoms with Gasteiger partial charge < -0.3 is 4.57 Å². The Morgan fingerprint density at radius 3 is 2.83 bits per heavy atom. The average molecular weight is 341 g/mol. The van der Waals surface area contributed by atoms with Gasteiger partial charge in [0.15, 0.2) is 4.80 Å². The molecule has 23 heavy (non-hydrogen) atoms. The Kier molecular flexibility index (Phi) is 4.33. The zero-order valence-corrected chi connectivity index (χ0v) is 14.0. The number of terminal acetylenes is 1. The molecule has 114 valence electrons. The Labute approximate surface area is 142 Å². The summed E-state index contributed by atoms with van der Waals surface area (Å²) in [5.41, 5.74) is 2.50. The molecule has 1 aromatic heterocycles. The molecule has 2 aromatic carbocycles. The van der Waals surface area contributed by atoms with E-state index in [0.717, 1.165) is 15.8 Å². The van der Waals surface area contributed by atoms with Crippen LogP contribution in [0.15, 0.2) is 47.5 Å². The van der Waals surface area contributed by atoms with Crippen LogP contribution in [-0.4, -0.2) is 10.5 Å². The van der Waals surface area contributed by atoms with E-state index < -0.39 is 0 Å². The zero-order valence-electron chi connectivity index (χ0n) is 12.4. The summed E-state index contributed by atoms with van der Waals surface area (Å²) in [5.74, 6) is 2.26. The quantitative estimate of drug-likeness (QED) is 0.648. The molecule has 0 saturated carbocycles. The third-order valence-electron chi connectivity index (χ3n) is 3.45. The monoisotopic (exact) mass is 340 g/mol. The van der Waals surface area contributed by atoms with Crippen LogP contribution in [0.1, 0.15) is 15.9 Å². The smallest absolute Gasteiger partial charge is 0.281 e. The number of para-hydroxylation sites is 1. The molecule has 1 heterocycles. The fourth-order valence-electron chi connectivity index (χ4n) is 2.41. The number of rotatable bonds is 2. The molecule has 0 aliphatic carbocycles. The molecule has 1 amide bonds. The van der Waals surface area contributed by atoms with Gasteiger partial charge in [0.25, 0.3) is 5.91 Å². The highest BCUT2D eigenvalue weighted by Crippen LogP contribution is 2.21. The molecule has 0 N–H and O–H groups in total. The molecule has 0 aliphatic rings. The van der Waals surface area contributed by atoms with E-state index in [1.54, 1.807) is 24.3 Å². The van der Waals surface area contributed by atoms with Crippen molar-refractivity contribution in [1.82, 2.24) is 4.57 Å². The molecule has 0 fully saturated rings. The Balaban J connectivity index is 2.22. The number of amides is 1. The number of carbonyl (C=O) groups excluding carboxylic acids is 1. The number of carbonyl (C=O) groups is 1. The fourth-order valence-corrected chi connectivity index (χ4v) is 3.73. The molecule has 0 aliphatic heterocycles. The molecule has 0 spiro atoms. The van der Waals surface area contributed by atoms with Crippen LogP contribution in [0.4, 0.5) is 0 Å². The van der Waals surface area contributed by atoms with E-state index >= 15 is 0 Å². The first kappa shape index (κ1) is 15.5. The molecule has 0 bridgehead atoms. The number of nitrogens with zero attached hydrogens (tertiary/aromatic N) is 2. The Morgan fingerprint density at radius 1 is 1.30 bits per heavy atom. The third kappa shape index (κ3) is 2.94. The first-order chi connectivity index (χ1) is 11.1. The molecule has 0 radical (unpaired) electrons. The van der Waals surface area contributed by atoms with Gasteiger partial charge in [0.1, 0.15) is 0 Å². The normalized spacial score (nSPS) is 11.6. The fraction of sp³-hybridized carbons (Fsp3) is 0.111. The van der Waals surface area contributed by atoms with Crippen molar-refractivity contribution in [2.24, 2.45) is 4.99 Å². The van der Waals surface area contributed by atoms with Gasteiger partial charge in [-0.1, -0.05) is 53.1 Å². The van der Waals surface area contributed by atoms with Crippen molar-refractivity contribution in [3.8, 4) is 12.3 Å². The summed E-state index contributed by atoms with van der Waals surface area (Å²) in [6.45, 7) is 2.38. The van der Waals surface area contributed by atoms with E-state index in [0.29, 0.717) is 21.9 Å². The minimum Gasteiger partial charge on any atom is -0.304 e. The van der Waals surface area contributed by atoms with E-state index in [4.69, 9.17) is 18.0 Å². The summed E-state index contributed by atoms with van der Waals surface area (Å²) in [4.78, 5) is 17.3. The maximum absolute atomic E-state index is 12.4. The first-order valence-electron chi connectivity index (χ1n) is 6.98. The van der Waals surface area contributed by atoms with Crippen LogP contribution in [0.5, 0.6) is 0 Å². The molecular formula is C18H13ClN2OS. The SMILES string of the molecule is C#CCn1c(=NC(=O)c2ccccc2Cl)sc2cccc(C)c21. The van der Waals surface area contributed by atoms with Gasteiger partial charge in [-0.25, -0.2) is 0 Å². The van der Waals surface area contributed by atoms with Gasteiger partial charge >= 0.3 is 0 Å². The predicted octanol–water partition coefficient (Wildman–Crippen LogP) is 4.04. The van der Waals surface area contributed by atoms with Gasteiger partial charge in [-0.15, -0.1) is 6.42 Å². The molecule has 5 heteroatoms. The van der Waals surface area contributed by atoms with E-state index in [-0.39, 0.29) is 5.91 Å². The number of halogens is 1. The van der Waals surface area contributed by atoms with Gasteiger partial charge in [-0.2, -0.15) is 4.99 Å². The summed E-state index contributed by atoms with van der Waals surface area (Å²) < 4.78 is 2.94. The number of hydrogen-bond donors (Lipinski definition) is 0. The zero-order chi connectivity index (χ0) is 16.4. The van der Waals surface area contributed by atoms with Crippen molar-refractivity contribution in [3.63, 3.8) is 0 Å². The summed E-state index contributed by atoms with van der Waals surface area (Å²) in [6.07, 6.45) is 5.48. The maximum atomic E-state index is 12.4. The van der Waals surface area contributed by atoms with Crippen molar-refractivity contribution in [2.45, 2.75) is 13.5 Å². The van der Waals surface area contributed by atoms with Gasteiger partial charge in [0.05, 0.1) is 27.3 Å². The lowest BCUT2D eigenvalue weighted by Crippen LogP contribution is -2.17. The first-order valence-corrected chi connectivity index (χ1v) is 8.17. The van der Waals surface area contributed by atoms with Crippen LogP contribution >= 0.6 is 22.9 Å². The van der Waals surface area contributed by atoms with Crippen LogP contribution in [0, 0.1) is 19.3 Å². The summed E-state index contributed by atoms with van der Waals surface area (Å²) in [5, 5.41) is 0.391. The number of fused-ring (bicyclic) bond motifs is 1. The second-order valence-electron chi connectivity index (χ2n) is 4.99. The number of benzene rings is 2. The highest BCUT2D eigenvalue weighted by Gasteiger charge is 2.12. The minimum absolute atomic E-state index is 0.361. The molecule has 3 rings (SSSR count). The maximum Gasteiger partial charge on any atom is 0.281 e. The molecular weight excluding hydrogens is 328 g/mol. The van der Waals surface area contributed by atoms with Crippen LogP contribution in [-0.2, 0) is 6.54 Å². The topological polar surface area (TPSA) is 34.4 Å². The number of hydrogen-bond acceptors (Lipinski definition) is 2. The number of aromatic nitrogens is 1. The standard InChI is InChI=1S/C18H13ClN2OS/c1-3-11-21-16-12(2)7-6-10-15(16)23-18(21)20-17(22)13-8-4-5-9-14(13)19/h1,4-10H,11H2,2H3. The second-order valence-corrected chi connectivity index (χ2v) is 6.41. The molecule has 0 saturated heterocycles. The van der Waals surface area contributed by atoms with Crippen molar-refractivity contribution < 1.29 is 4.79 Å². The lowest BCUT2D eigenvalue weighted by molar-refractivity contribution is 0.0998. The van der Waals surface area contributed by atoms with Crippen LogP contribution in [0.2, 0.25) is 5.02 Å². The summed E-state index contributed by atoms with van der Waals surface area (Å²) in [6, 6.07) is 12.9. The van der Waals surface area contributed by atoms with Crippen molar-refractivity contribution in [2.75, 3.05) is 0 Å². The Hall–Kier alpha value is -2.35. The van der Waals surface area contributed by atoms with E-state index in [2.05, 4.69) is 10.9 Å². The van der Waals surface area contributed by atoms with Crippen molar-refractivity contribution in [1.29, 1.82) is 0 Å². The average Bonchev–Trinajstić information content (AvgIpc) is 2.87. The third-order valence-corrected chi connectivity index (χ3v) is 4.83. The van der Waals surface area contributed by atoms with E-state index in [1.165, 1.54) is 11.3 Å². The van der Waals surface area contributed by atoms with Gasteiger partial charge in [-0.3, -0.25) is 4.79 Å². The highest BCUT2D eigenvalue weighted by atomic mass is 35.5. The van der Waals surface area contributed by atoms with Crippen LogP contribution in [0.25, 0.3) is 10.2 Å². The molecule has 3 nitrogen and oxygen atoms in total. The number of aryl methyl sites for hydroxylation is 1. The summed E-state index contributed by atoms with van der Waals surface area (Å²) in [7, 11) is 0. The Bertz CT molecular complexity index is 1010.